The van der Waals surface area contributed by atoms with Crippen LogP contribution in [0.25, 0.3) is 0 Å². The summed E-state index contributed by atoms with van der Waals surface area (Å²) in [5.41, 5.74) is -0.179. The molecule has 0 amide bonds. The summed E-state index contributed by atoms with van der Waals surface area (Å²) in [5.74, 6) is 0.189. The number of alkyl halides is 1. The van der Waals surface area contributed by atoms with Gasteiger partial charge in [-0.2, -0.15) is 0 Å². The summed E-state index contributed by atoms with van der Waals surface area (Å²) in [4.78, 5) is 0. The van der Waals surface area contributed by atoms with Gasteiger partial charge in [-0.15, -0.1) is 0 Å². The van der Waals surface area contributed by atoms with Crippen LogP contribution in [0.1, 0.15) is 33.6 Å². The summed E-state index contributed by atoms with van der Waals surface area (Å²) in [6.45, 7) is 6.31. The molecule has 0 bridgehead atoms. The number of hydrogen-bond acceptors (Lipinski definition) is 2. The van der Waals surface area contributed by atoms with Crippen molar-refractivity contribution in [3.05, 3.63) is 0 Å². The summed E-state index contributed by atoms with van der Waals surface area (Å²) in [6.07, 6.45) is 1.88. The molecule has 3 nitrogen and oxygen atoms in total. The average molecular weight is 286 g/mol. The van der Waals surface area contributed by atoms with Gasteiger partial charge in [0.25, 0.3) is 0 Å². The molecule has 5 heteroatoms. The maximum atomic E-state index is 11.5. The summed E-state index contributed by atoms with van der Waals surface area (Å²) < 4.78 is 25.6. The fourth-order valence-corrected chi connectivity index (χ4v) is 3.16. The molecule has 0 radical (unpaired) electrons. The zero-order valence-corrected chi connectivity index (χ0v) is 11.5. The predicted molar refractivity (Wildman–Crippen MR) is 64.3 cm³/mol. The van der Waals surface area contributed by atoms with Crippen LogP contribution >= 0.6 is 15.9 Å². The Hall–Kier alpha value is 0.390. The maximum absolute atomic E-state index is 11.5. The normalized spacial score (nSPS) is 13.1. The lowest BCUT2D eigenvalue weighted by Gasteiger charge is -2.18. The van der Waals surface area contributed by atoms with E-state index in [9.17, 15) is 8.42 Å². The molecule has 0 spiro atoms. The van der Waals surface area contributed by atoms with Crippen molar-refractivity contribution in [2.45, 2.75) is 33.6 Å². The third-order valence-electron chi connectivity index (χ3n) is 1.51. The van der Waals surface area contributed by atoms with Crippen LogP contribution in [0.15, 0.2) is 0 Å². The van der Waals surface area contributed by atoms with Gasteiger partial charge in [0.1, 0.15) is 0 Å². The van der Waals surface area contributed by atoms with Crippen molar-refractivity contribution in [1.29, 1.82) is 0 Å². The fraction of sp³-hybridized carbons (Fsp3) is 1.00. The van der Waals surface area contributed by atoms with Gasteiger partial charge in [0.15, 0.2) is 0 Å². The van der Waals surface area contributed by atoms with Crippen molar-refractivity contribution in [2.24, 2.45) is 5.41 Å². The summed E-state index contributed by atoms with van der Waals surface area (Å²) in [5, 5.41) is 0.925. The fourth-order valence-electron chi connectivity index (χ4n) is 1.07. The largest absolute Gasteiger partial charge is 0.215 e. The van der Waals surface area contributed by atoms with Crippen LogP contribution in [0.5, 0.6) is 0 Å². The number of hydrogen-bond donors (Lipinski definition) is 1. The molecule has 86 valence electrons. The lowest BCUT2D eigenvalue weighted by Crippen LogP contribution is -2.32. The first-order chi connectivity index (χ1) is 6.27. The van der Waals surface area contributed by atoms with E-state index < -0.39 is 10.0 Å². The first-order valence-corrected chi connectivity index (χ1v) is 7.57. The highest BCUT2D eigenvalue weighted by Gasteiger charge is 2.20. The Bertz CT molecular complexity index is 244. The quantitative estimate of drug-likeness (QED) is 0.600. The van der Waals surface area contributed by atoms with Crippen LogP contribution in [0.3, 0.4) is 0 Å². The number of halogens is 1. The first-order valence-electron chi connectivity index (χ1n) is 4.80. The Morgan fingerprint density at radius 2 is 1.79 bits per heavy atom. The van der Waals surface area contributed by atoms with Crippen molar-refractivity contribution in [3.8, 4) is 0 Å². The van der Waals surface area contributed by atoms with E-state index in [1.165, 1.54) is 0 Å². The molecule has 1 N–H and O–H groups in total. The van der Waals surface area contributed by atoms with Crippen LogP contribution in [0.2, 0.25) is 0 Å². The molecule has 0 rings (SSSR count). The van der Waals surface area contributed by atoms with Crippen molar-refractivity contribution in [1.82, 2.24) is 4.72 Å². The number of nitrogens with one attached hydrogen (secondary N) is 1. The minimum absolute atomic E-state index is 0.179. The van der Waals surface area contributed by atoms with Crippen LogP contribution in [-0.2, 0) is 10.0 Å². The molecular weight excluding hydrogens is 266 g/mol. The lowest BCUT2D eigenvalue weighted by molar-refractivity contribution is 0.457. The Labute approximate surface area is 95.8 Å². The zero-order valence-electron chi connectivity index (χ0n) is 9.14. The Kier molecular flexibility index (Phi) is 6.25. The number of unbranched alkanes of at least 4 members (excludes halogenated alkanes) is 1. The van der Waals surface area contributed by atoms with Gasteiger partial charge < -0.3 is 0 Å². The van der Waals surface area contributed by atoms with E-state index in [1.807, 2.05) is 20.8 Å². The molecule has 0 aliphatic rings. The van der Waals surface area contributed by atoms with Gasteiger partial charge in [-0.25, -0.2) is 13.1 Å². The topological polar surface area (TPSA) is 46.2 Å². The Morgan fingerprint density at radius 1 is 1.21 bits per heavy atom. The van der Waals surface area contributed by atoms with Crippen LogP contribution < -0.4 is 4.72 Å². The van der Waals surface area contributed by atoms with Gasteiger partial charge in [0.2, 0.25) is 10.0 Å². The van der Waals surface area contributed by atoms with Gasteiger partial charge in [0, 0.05) is 11.9 Å². The summed E-state index contributed by atoms with van der Waals surface area (Å²) >= 11 is 3.30. The number of rotatable bonds is 6. The van der Waals surface area contributed by atoms with Crippen molar-refractivity contribution in [2.75, 3.05) is 17.6 Å². The molecular formula is C9H20BrNO2S. The van der Waals surface area contributed by atoms with E-state index in [0.717, 1.165) is 18.2 Å². The van der Waals surface area contributed by atoms with Crippen molar-refractivity contribution < 1.29 is 8.42 Å². The SMILES string of the molecule is CC(C)(C)CS(=O)(=O)NCCCCBr. The van der Waals surface area contributed by atoms with Crippen LogP contribution in [0, 0.1) is 5.41 Å². The second-order valence-electron chi connectivity index (χ2n) is 4.61. The van der Waals surface area contributed by atoms with E-state index in [0.29, 0.717) is 6.54 Å². The average Bonchev–Trinajstić information content (AvgIpc) is 1.93. The first kappa shape index (κ1) is 14.4. The standard InChI is InChI=1S/C9H20BrNO2S/c1-9(2,3)8-14(12,13)11-7-5-4-6-10/h11H,4-8H2,1-3H3. The highest BCUT2D eigenvalue weighted by Crippen LogP contribution is 2.15. The molecule has 0 aromatic rings. The summed E-state index contributed by atoms with van der Waals surface area (Å²) in [7, 11) is -3.09. The van der Waals surface area contributed by atoms with E-state index >= 15 is 0 Å². The van der Waals surface area contributed by atoms with E-state index in [-0.39, 0.29) is 11.2 Å². The molecule has 0 aliphatic carbocycles. The van der Waals surface area contributed by atoms with Gasteiger partial charge >= 0.3 is 0 Å². The highest BCUT2D eigenvalue weighted by atomic mass is 79.9. The molecule has 0 unspecified atom stereocenters. The van der Waals surface area contributed by atoms with Crippen LogP contribution in [-0.4, -0.2) is 26.0 Å². The molecule has 0 aromatic heterocycles. The Balaban J connectivity index is 3.86. The van der Waals surface area contributed by atoms with Crippen molar-refractivity contribution in [3.63, 3.8) is 0 Å². The van der Waals surface area contributed by atoms with Gasteiger partial charge in [0.05, 0.1) is 5.75 Å². The maximum Gasteiger partial charge on any atom is 0.212 e. The molecule has 0 aliphatic heterocycles. The van der Waals surface area contributed by atoms with Gasteiger partial charge in [-0.05, 0) is 18.3 Å². The predicted octanol–water partition coefficient (Wildman–Crippen LogP) is 2.13. The minimum Gasteiger partial charge on any atom is -0.215 e. The molecule has 0 heterocycles. The van der Waals surface area contributed by atoms with Crippen LogP contribution in [0.4, 0.5) is 0 Å². The minimum atomic E-state index is -3.09. The molecule has 0 aromatic carbocycles. The Morgan fingerprint density at radius 3 is 2.21 bits per heavy atom. The van der Waals surface area contributed by atoms with Gasteiger partial charge in [-0.3, -0.25) is 0 Å². The second kappa shape index (κ2) is 6.08. The zero-order chi connectivity index (χ0) is 11.2. The van der Waals surface area contributed by atoms with Gasteiger partial charge in [-0.1, -0.05) is 36.7 Å². The molecule has 14 heavy (non-hydrogen) atoms. The third kappa shape index (κ3) is 8.97. The van der Waals surface area contributed by atoms with Crippen molar-refractivity contribution >= 4 is 26.0 Å². The van der Waals surface area contributed by atoms with E-state index in [2.05, 4.69) is 20.7 Å². The molecule has 0 saturated carbocycles. The van der Waals surface area contributed by atoms with E-state index in [1.54, 1.807) is 0 Å². The smallest absolute Gasteiger partial charge is 0.212 e. The highest BCUT2D eigenvalue weighted by molar-refractivity contribution is 9.09. The third-order valence-corrected chi connectivity index (χ3v) is 3.96. The second-order valence-corrected chi connectivity index (χ2v) is 7.21. The summed E-state index contributed by atoms with van der Waals surface area (Å²) in [6, 6.07) is 0. The lowest BCUT2D eigenvalue weighted by atomic mass is 10.0. The monoisotopic (exact) mass is 285 g/mol. The van der Waals surface area contributed by atoms with E-state index in [4.69, 9.17) is 0 Å². The number of sulfonamides is 1. The molecule has 0 atom stereocenters. The molecule has 0 fully saturated rings. The molecule has 0 saturated heterocycles.